The van der Waals surface area contributed by atoms with Gasteiger partial charge < -0.3 is 15.6 Å². The normalized spacial score (nSPS) is 26.3. The molecule has 9 nitrogen and oxygen atoms in total. The van der Waals surface area contributed by atoms with Crippen LogP contribution in [0.25, 0.3) is 0 Å². The van der Waals surface area contributed by atoms with Crippen LogP contribution in [0.4, 0.5) is 0 Å². The zero-order chi connectivity index (χ0) is 17.4. The maximum Gasteiger partial charge on any atom is 0.258 e. The minimum Gasteiger partial charge on any atom is -0.504 e. The second-order valence-corrected chi connectivity index (χ2v) is 5.64. The number of rotatable bonds is 5. The highest BCUT2D eigenvalue weighted by Crippen LogP contribution is 2.43. The molecule has 2 fully saturated rings. The van der Waals surface area contributed by atoms with Gasteiger partial charge in [-0.2, -0.15) is 5.06 Å². The van der Waals surface area contributed by atoms with Gasteiger partial charge in [-0.05, 0) is 17.7 Å². The van der Waals surface area contributed by atoms with Gasteiger partial charge in [-0.25, -0.2) is 0 Å². The van der Waals surface area contributed by atoms with Gasteiger partial charge in [-0.3, -0.25) is 24.5 Å². The van der Waals surface area contributed by atoms with Gasteiger partial charge in [-0.15, -0.1) is 0 Å². The van der Waals surface area contributed by atoms with Crippen molar-refractivity contribution in [3.05, 3.63) is 23.8 Å². The van der Waals surface area contributed by atoms with Crippen molar-refractivity contribution in [3.8, 4) is 11.5 Å². The lowest BCUT2D eigenvalue weighted by Gasteiger charge is -2.25. The molecule has 3 amide bonds. The van der Waals surface area contributed by atoms with E-state index < -0.39 is 35.8 Å². The molecule has 0 aromatic heterocycles. The molecule has 1 aromatic rings. The number of nitrogens with two attached hydrogens (primary N) is 1. The number of fused-ring (bicyclic) bond motifs is 1. The number of aromatic hydroxyl groups is 1. The number of ether oxygens (including phenoxy) is 1. The maximum absolute atomic E-state index is 12.1. The summed E-state index contributed by atoms with van der Waals surface area (Å²) in [5.41, 5.74) is 5.73. The fourth-order valence-electron chi connectivity index (χ4n) is 3.07. The minimum absolute atomic E-state index is 0.00782. The standard InChI is InChI=1S/C15H17N3O6/c1-23-9-3-2-7(6-8(9)19)12-11-13(15(22)17-14(11)21)24-18(12)5-4-10(16)20/h2-3,6,11-13,19H,4-5H2,1H3,(H2,16,20)(H,17,21,22). The first kappa shape index (κ1) is 16.2. The Balaban J connectivity index is 1.95. The zero-order valence-electron chi connectivity index (χ0n) is 12.9. The van der Waals surface area contributed by atoms with Gasteiger partial charge in [0, 0.05) is 13.0 Å². The quantitative estimate of drug-likeness (QED) is 0.601. The number of nitrogens with zero attached hydrogens (tertiary/aromatic N) is 1. The third-order valence-electron chi connectivity index (χ3n) is 4.16. The molecule has 0 radical (unpaired) electrons. The average Bonchev–Trinajstić information content (AvgIpc) is 3.03. The van der Waals surface area contributed by atoms with Crippen molar-refractivity contribution < 1.29 is 29.1 Å². The lowest BCUT2D eigenvalue weighted by Crippen LogP contribution is -2.34. The Labute approximate surface area is 137 Å². The number of primary amides is 1. The van der Waals surface area contributed by atoms with Crippen molar-refractivity contribution in [1.82, 2.24) is 10.4 Å². The molecule has 2 saturated heterocycles. The number of hydrogen-bond donors (Lipinski definition) is 3. The smallest absolute Gasteiger partial charge is 0.258 e. The zero-order valence-corrected chi connectivity index (χ0v) is 12.9. The number of phenolic OH excluding ortho intramolecular Hbond substituents is 1. The van der Waals surface area contributed by atoms with Crippen LogP contribution in [-0.4, -0.2) is 47.6 Å². The van der Waals surface area contributed by atoms with Crippen LogP contribution in [0, 0.1) is 5.92 Å². The van der Waals surface area contributed by atoms with Crippen molar-refractivity contribution >= 4 is 17.7 Å². The van der Waals surface area contributed by atoms with E-state index in [1.165, 1.54) is 18.2 Å². The van der Waals surface area contributed by atoms with Gasteiger partial charge in [0.05, 0.1) is 19.1 Å². The van der Waals surface area contributed by atoms with Crippen molar-refractivity contribution in [3.63, 3.8) is 0 Å². The summed E-state index contributed by atoms with van der Waals surface area (Å²) in [4.78, 5) is 40.6. The van der Waals surface area contributed by atoms with E-state index in [1.54, 1.807) is 12.1 Å². The predicted octanol–water partition coefficient (Wildman–Crippen LogP) is -0.794. The fourth-order valence-corrected chi connectivity index (χ4v) is 3.07. The van der Waals surface area contributed by atoms with Gasteiger partial charge in [0.1, 0.15) is 0 Å². The molecule has 3 rings (SSSR count). The monoisotopic (exact) mass is 335 g/mol. The van der Waals surface area contributed by atoms with Gasteiger partial charge in [-0.1, -0.05) is 6.07 Å². The predicted molar refractivity (Wildman–Crippen MR) is 79.4 cm³/mol. The van der Waals surface area contributed by atoms with Crippen LogP contribution >= 0.6 is 0 Å². The third kappa shape index (κ3) is 2.68. The molecule has 24 heavy (non-hydrogen) atoms. The number of methoxy groups -OCH3 is 1. The molecule has 2 aliphatic rings. The van der Waals surface area contributed by atoms with Crippen LogP contribution in [-0.2, 0) is 19.2 Å². The molecule has 0 saturated carbocycles. The first-order valence-corrected chi connectivity index (χ1v) is 7.35. The van der Waals surface area contributed by atoms with Gasteiger partial charge in [0.2, 0.25) is 11.8 Å². The van der Waals surface area contributed by atoms with E-state index in [0.717, 1.165) is 0 Å². The molecule has 3 unspecified atom stereocenters. The molecule has 1 aromatic carbocycles. The van der Waals surface area contributed by atoms with Crippen molar-refractivity contribution in [2.24, 2.45) is 11.7 Å². The first-order chi connectivity index (χ1) is 11.4. The lowest BCUT2D eigenvalue weighted by atomic mass is 9.90. The van der Waals surface area contributed by atoms with E-state index in [0.29, 0.717) is 5.56 Å². The molecule has 4 N–H and O–H groups in total. The number of hydrogen-bond acceptors (Lipinski definition) is 7. The Morgan fingerprint density at radius 3 is 2.79 bits per heavy atom. The molecule has 0 bridgehead atoms. The van der Waals surface area contributed by atoms with Crippen molar-refractivity contribution in [1.29, 1.82) is 0 Å². The number of nitrogens with one attached hydrogen (secondary N) is 1. The topological polar surface area (TPSA) is 131 Å². The Morgan fingerprint density at radius 2 is 2.17 bits per heavy atom. The van der Waals surface area contributed by atoms with E-state index in [2.05, 4.69) is 5.32 Å². The summed E-state index contributed by atoms with van der Waals surface area (Å²) in [6, 6.07) is 4.04. The largest absolute Gasteiger partial charge is 0.504 e. The molecule has 2 heterocycles. The average molecular weight is 335 g/mol. The van der Waals surface area contributed by atoms with E-state index in [9.17, 15) is 19.5 Å². The van der Waals surface area contributed by atoms with Crippen LogP contribution < -0.4 is 15.8 Å². The fraction of sp³-hybridized carbons (Fsp3) is 0.400. The summed E-state index contributed by atoms with van der Waals surface area (Å²) in [7, 11) is 1.42. The summed E-state index contributed by atoms with van der Waals surface area (Å²) >= 11 is 0. The van der Waals surface area contributed by atoms with E-state index in [4.69, 9.17) is 15.3 Å². The van der Waals surface area contributed by atoms with Crippen molar-refractivity contribution in [2.75, 3.05) is 13.7 Å². The van der Waals surface area contributed by atoms with E-state index in [1.807, 2.05) is 0 Å². The molecule has 0 aliphatic carbocycles. The number of carbonyl (C=O) groups is 3. The van der Waals surface area contributed by atoms with Crippen LogP contribution in [0.1, 0.15) is 18.0 Å². The van der Waals surface area contributed by atoms with Gasteiger partial charge >= 0.3 is 0 Å². The summed E-state index contributed by atoms with van der Waals surface area (Å²) in [5.74, 6) is -2.08. The Kier molecular flexibility index (Phi) is 4.12. The minimum atomic E-state index is -0.959. The summed E-state index contributed by atoms with van der Waals surface area (Å²) in [5, 5.41) is 13.6. The molecular weight excluding hydrogens is 318 g/mol. The molecule has 9 heteroatoms. The van der Waals surface area contributed by atoms with Gasteiger partial charge in [0.15, 0.2) is 17.6 Å². The second-order valence-electron chi connectivity index (χ2n) is 5.64. The molecular formula is C15H17N3O6. The van der Waals surface area contributed by atoms with Crippen LogP contribution in [0.5, 0.6) is 11.5 Å². The van der Waals surface area contributed by atoms with Crippen LogP contribution in [0.3, 0.4) is 0 Å². The number of benzene rings is 1. The number of phenols is 1. The number of amides is 3. The number of carbonyl (C=O) groups excluding carboxylic acids is 3. The summed E-state index contributed by atoms with van der Waals surface area (Å²) in [6.45, 7) is 0.125. The summed E-state index contributed by atoms with van der Waals surface area (Å²) < 4.78 is 5.00. The molecule has 128 valence electrons. The van der Waals surface area contributed by atoms with Crippen molar-refractivity contribution in [2.45, 2.75) is 18.6 Å². The third-order valence-corrected chi connectivity index (χ3v) is 4.16. The number of hydroxylamine groups is 2. The highest BCUT2D eigenvalue weighted by molar-refractivity contribution is 6.07. The molecule has 2 aliphatic heterocycles. The van der Waals surface area contributed by atoms with Crippen LogP contribution in [0.2, 0.25) is 0 Å². The van der Waals surface area contributed by atoms with E-state index >= 15 is 0 Å². The second kappa shape index (κ2) is 6.10. The molecule has 3 atom stereocenters. The van der Waals surface area contributed by atoms with Gasteiger partial charge in [0.25, 0.3) is 5.91 Å². The first-order valence-electron chi connectivity index (χ1n) is 7.35. The summed E-state index contributed by atoms with van der Waals surface area (Å²) in [6.07, 6.45) is -0.951. The maximum atomic E-state index is 12.1. The number of imide groups is 1. The van der Waals surface area contributed by atoms with Crippen LogP contribution in [0.15, 0.2) is 18.2 Å². The molecule has 0 spiro atoms. The highest BCUT2D eigenvalue weighted by atomic mass is 16.7. The lowest BCUT2D eigenvalue weighted by molar-refractivity contribution is -0.174. The highest BCUT2D eigenvalue weighted by Gasteiger charge is 2.56. The Hall–Kier alpha value is -2.65. The van der Waals surface area contributed by atoms with E-state index in [-0.39, 0.29) is 24.5 Å². The SMILES string of the molecule is COc1ccc(C2C3C(=O)NC(=O)C3ON2CCC(N)=O)cc1O. The Morgan fingerprint density at radius 1 is 1.42 bits per heavy atom. The Bertz CT molecular complexity index is 706.